The van der Waals surface area contributed by atoms with Gasteiger partial charge in [0, 0.05) is 24.0 Å². The highest BCUT2D eigenvalue weighted by atomic mass is 15.1. The Balaban J connectivity index is 1.87. The molecule has 4 rings (SSSR count). The van der Waals surface area contributed by atoms with Crippen LogP contribution in [0.4, 0.5) is 0 Å². The minimum absolute atomic E-state index is 0.474. The molecule has 3 nitrogen and oxygen atoms in total. The van der Waals surface area contributed by atoms with Gasteiger partial charge in [0.15, 0.2) is 0 Å². The maximum absolute atomic E-state index is 4.96. The number of imidazole rings is 1. The number of benzene rings is 1. The zero-order chi connectivity index (χ0) is 13.0. The summed E-state index contributed by atoms with van der Waals surface area (Å²) in [6, 6.07) is 10.4. The van der Waals surface area contributed by atoms with E-state index in [0.29, 0.717) is 18.0 Å². The minimum Gasteiger partial charge on any atom is -0.325 e. The van der Waals surface area contributed by atoms with Crippen molar-refractivity contribution in [3.05, 3.63) is 30.1 Å². The van der Waals surface area contributed by atoms with Gasteiger partial charge in [-0.25, -0.2) is 4.98 Å². The lowest BCUT2D eigenvalue weighted by molar-refractivity contribution is 0.455. The van der Waals surface area contributed by atoms with Gasteiger partial charge in [-0.3, -0.25) is 0 Å². The van der Waals surface area contributed by atoms with Gasteiger partial charge in [-0.05, 0) is 45.2 Å². The summed E-state index contributed by atoms with van der Waals surface area (Å²) < 4.78 is 2.45. The summed E-state index contributed by atoms with van der Waals surface area (Å²) in [4.78, 5) is 4.96. The summed E-state index contributed by atoms with van der Waals surface area (Å²) in [6.07, 6.45) is 3.93. The summed E-state index contributed by atoms with van der Waals surface area (Å²) in [7, 11) is 0. The molecule has 2 aliphatic heterocycles. The van der Waals surface area contributed by atoms with Crippen molar-refractivity contribution in [1.82, 2.24) is 14.9 Å². The largest absolute Gasteiger partial charge is 0.325 e. The quantitative estimate of drug-likeness (QED) is 0.893. The molecule has 2 bridgehead atoms. The number of rotatable bonds is 2. The lowest BCUT2D eigenvalue weighted by atomic mass is 9.88. The van der Waals surface area contributed by atoms with E-state index in [2.05, 4.69) is 48.0 Å². The van der Waals surface area contributed by atoms with E-state index in [0.717, 1.165) is 11.6 Å². The minimum atomic E-state index is 0.474. The normalized spacial score (nSPS) is 29.7. The second kappa shape index (κ2) is 4.07. The van der Waals surface area contributed by atoms with Crippen molar-refractivity contribution in [2.24, 2.45) is 0 Å². The predicted molar refractivity (Wildman–Crippen MR) is 77.4 cm³/mol. The maximum Gasteiger partial charge on any atom is 0.114 e. The number of hydrogen-bond donors (Lipinski definition) is 1. The summed E-state index contributed by atoms with van der Waals surface area (Å²) in [5.41, 5.74) is 2.43. The molecule has 0 spiro atoms. The molecule has 0 aliphatic carbocycles. The van der Waals surface area contributed by atoms with Crippen LogP contribution in [-0.4, -0.2) is 21.6 Å². The Hall–Kier alpha value is -1.35. The van der Waals surface area contributed by atoms with Crippen LogP contribution in [0.15, 0.2) is 24.3 Å². The number of nitrogens with one attached hydrogen (secondary N) is 1. The SMILES string of the molecule is CC(C)n1c(C2CC3CCC2N3)nc2ccccc21. The van der Waals surface area contributed by atoms with Crippen molar-refractivity contribution in [2.75, 3.05) is 0 Å². The first-order valence-corrected chi connectivity index (χ1v) is 7.47. The molecule has 3 heteroatoms. The Kier molecular flexibility index (Phi) is 2.46. The van der Waals surface area contributed by atoms with Crippen LogP contribution in [0.5, 0.6) is 0 Å². The average Bonchev–Trinajstić information content (AvgIpc) is 3.10. The van der Waals surface area contributed by atoms with E-state index in [1.54, 1.807) is 0 Å². The molecule has 2 aliphatic rings. The molecular weight excluding hydrogens is 234 g/mol. The van der Waals surface area contributed by atoms with Crippen molar-refractivity contribution >= 4 is 11.0 Å². The van der Waals surface area contributed by atoms with E-state index in [1.807, 2.05) is 0 Å². The second-order valence-corrected chi connectivity index (χ2v) is 6.31. The highest BCUT2D eigenvalue weighted by Crippen LogP contribution is 2.41. The van der Waals surface area contributed by atoms with Crippen LogP contribution in [0.3, 0.4) is 0 Å². The van der Waals surface area contributed by atoms with Gasteiger partial charge in [-0.1, -0.05) is 12.1 Å². The lowest BCUT2D eigenvalue weighted by Gasteiger charge is -2.22. The van der Waals surface area contributed by atoms with Crippen LogP contribution in [0.25, 0.3) is 11.0 Å². The summed E-state index contributed by atoms with van der Waals surface area (Å²) in [6.45, 7) is 4.52. The fourth-order valence-electron chi connectivity index (χ4n) is 3.98. The van der Waals surface area contributed by atoms with Gasteiger partial charge in [0.2, 0.25) is 0 Å². The molecule has 0 amide bonds. The topological polar surface area (TPSA) is 29.9 Å². The molecule has 0 radical (unpaired) electrons. The first-order chi connectivity index (χ1) is 9.24. The highest BCUT2D eigenvalue weighted by molar-refractivity contribution is 5.76. The Morgan fingerprint density at radius 3 is 2.79 bits per heavy atom. The Morgan fingerprint density at radius 1 is 1.26 bits per heavy atom. The average molecular weight is 255 g/mol. The number of hydrogen-bond acceptors (Lipinski definition) is 2. The van der Waals surface area contributed by atoms with E-state index in [4.69, 9.17) is 4.98 Å². The zero-order valence-electron chi connectivity index (χ0n) is 11.6. The Bertz CT molecular complexity index is 613. The van der Waals surface area contributed by atoms with Crippen molar-refractivity contribution in [3.63, 3.8) is 0 Å². The number of nitrogens with zero attached hydrogens (tertiary/aromatic N) is 2. The second-order valence-electron chi connectivity index (χ2n) is 6.31. The van der Waals surface area contributed by atoms with Gasteiger partial charge >= 0.3 is 0 Å². The van der Waals surface area contributed by atoms with Crippen LogP contribution < -0.4 is 5.32 Å². The maximum atomic E-state index is 4.96. The Labute approximate surface area is 114 Å². The fraction of sp³-hybridized carbons (Fsp3) is 0.562. The van der Waals surface area contributed by atoms with E-state index >= 15 is 0 Å². The third kappa shape index (κ3) is 1.64. The van der Waals surface area contributed by atoms with E-state index in [1.165, 1.54) is 30.6 Å². The molecule has 100 valence electrons. The van der Waals surface area contributed by atoms with E-state index in [-0.39, 0.29) is 0 Å². The zero-order valence-corrected chi connectivity index (χ0v) is 11.6. The first kappa shape index (κ1) is 11.5. The van der Waals surface area contributed by atoms with Gasteiger partial charge in [-0.2, -0.15) is 0 Å². The van der Waals surface area contributed by atoms with Crippen molar-refractivity contribution < 1.29 is 0 Å². The van der Waals surface area contributed by atoms with Crippen LogP contribution in [0.1, 0.15) is 50.9 Å². The molecule has 1 N–H and O–H groups in total. The van der Waals surface area contributed by atoms with E-state index < -0.39 is 0 Å². The van der Waals surface area contributed by atoms with Gasteiger partial charge in [-0.15, -0.1) is 0 Å². The summed E-state index contributed by atoms with van der Waals surface area (Å²) >= 11 is 0. The number of aromatic nitrogens is 2. The molecule has 3 unspecified atom stereocenters. The van der Waals surface area contributed by atoms with Gasteiger partial charge in [0.1, 0.15) is 5.82 Å². The third-order valence-corrected chi connectivity index (χ3v) is 4.77. The van der Waals surface area contributed by atoms with Gasteiger partial charge < -0.3 is 9.88 Å². The first-order valence-electron chi connectivity index (χ1n) is 7.47. The molecule has 19 heavy (non-hydrogen) atoms. The third-order valence-electron chi connectivity index (χ3n) is 4.77. The monoisotopic (exact) mass is 255 g/mol. The summed E-state index contributed by atoms with van der Waals surface area (Å²) in [5.74, 6) is 1.91. The van der Waals surface area contributed by atoms with Crippen LogP contribution in [0, 0.1) is 0 Å². The highest BCUT2D eigenvalue weighted by Gasteiger charge is 2.42. The molecule has 2 aromatic rings. The standard InChI is InChI=1S/C16H21N3/c1-10(2)19-15-6-4-3-5-14(15)18-16(19)12-9-11-7-8-13(12)17-11/h3-6,10-13,17H,7-9H2,1-2H3. The van der Waals surface area contributed by atoms with Crippen molar-refractivity contribution in [3.8, 4) is 0 Å². The number of para-hydroxylation sites is 2. The molecule has 1 aromatic carbocycles. The molecule has 3 atom stereocenters. The van der Waals surface area contributed by atoms with Crippen molar-refractivity contribution in [1.29, 1.82) is 0 Å². The molecule has 1 aromatic heterocycles. The molecule has 0 saturated carbocycles. The van der Waals surface area contributed by atoms with Crippen LogP contribution >= 0.6 is 0 Å². The summed E-state index contributed by atoms with van der Waals surface area (Å²) in [5, 5.41) is 3.73. The van der Waals surface area contributed by atoms with Crippen molar-refractivity contribution in [2.45, 2.75) is 57.2 Å². The molecule has 2 saturated heterocycles. The molecule has 2 fully saturated rings. The van der Waals surface area contributed by atoms with Gasteiger partial charge in [0.25, 0.3) is 0 Å². The molecule has 3 heterocycles. The predicted octanol–water partition coefficient (Wildman–Crippen LogP) is 3.23. The number of fused-ring (bicyclic) bond motifs is 3. The smallest absolute Gasteiger partial charge is 0.114 e. The van der Waals surface area contributed by atoms with Gasteiger partial charge in [0.05, 0.1) is 11.0 Å². The van der Waals surface area contributed by atoms with Crippen LogP contribution in [-0.2, 0) is 0 Å². The van der Waals surface area contributed by atoms with Crippen LogP contribution in [0.2, 0.25) is 0 Å². The lowest BCUT2D eigenvalue weighted by Crippen LogP contribution is -2.24. The molecular formula is C16H21N3. The van der Waals surface area contributed by atoms with E-state index in [9.17, 15) is 0 Å². The fourth-order valence-corrected chi connectivity index (χ4v) is 3.98. The Morgan fingerprint density at radius 2 is 2.11 bits per heavy atom.